The largest absolute Gasteiger partial charge is 0.508 e. The van der Waals surface area contributed by atoms with Gasteiger partial charge in [-0.15, -0.1) is 0 Å². The number of fused-ring (bicyclic) bond motifs is 1. The van der Waals surface area contributed by atoms with Crippen molar-refractivity contribution in [3.63, 3.8) is 0 Å². The molecule has 2 N–H and O–H groups in total. The van der Waals surface area contributed by atoms with Crippen molar-refractivity contribution >= 4 is 12.0 Å². The SMILES string of the molecule is O=C(NCCC=Cc1ccccc1)c1ccccc1CN1CCc2cc(O)ccc2C1. The lowest BCUT2D eigenvalue weighted by Crippen LogP contribution is -2.31. The molecule has 0 aliphatic carbocycles. The van der Waals surface area contributed by atoms with Crippen molar-refractivity contribution in [3.05, 3.63) is 107 Å². The minimum Gasteiger partial charge on any atom is -0.508 e. The summed E-state index contributed by atoms with van der Waals surface area (Å²) >= 11 is 0. The molecule has 0 radical (unpaired) electrons. The molecule has 3 aromatic carbocycles. The number of nitrogens with one attached hydrogen (secondary N) is 1. The minimum absolute atomic E-state index is 0.0222. The Kier molecular flexibility index (Phi) is 6.80. The molecule has 1 amide bonds. The Morgan fingerprint density at radius 1 is 1.00 bits per heavy atom. The van der Waals surface area contributed by atoms with E-state index in [0.717, 1.165) is 49.2 Å². The second-order valence-corrected chi connectivity index (χ2v) is 7.93. The summed E-state index contributed by atoms with van der Waals surface area (Å²) in [5.74, 6) is 0.305. The van der Waals surface area contributed by atoms with E-state index in [9.17, 15) is 9.90 Å². The maximum absolute atomic E-state index is 12.8. The number of benzene rings is 3. The van der Waals surface area contributed by atoms with Crippen LogP contribution in [0.4, 0.5) is 0 Å². The second kappa shape index (κ2) is 10.1. The summed E-state index contributed by atoms with van der Waals surface area (Å²) in [6.45, 7) is 3.08. The first kappa shape index (κ1) is 20.9. The van der Waals surface area contributed by atoms with Crippen LogP contribution < -0.4 is 5.32 Å². The van der Waals surface area contributed by atoms with Gasteiger partial charge in [0.05, 0.1) is 0 Å². The Bertz CT molecular complexity index is 1060. The maximum atomic E-state index is 12.8. The number of nitrogens with zero attached hydrogens (tertiary/aromatic N) is 1. The monoisotopic (exact) mass is 412 g/mol. The molecule has 1 aliphatic heterocycles. The highest BCUT2D eigenvalue weighted by Crippen LogP contribution is 2.24. The van der Waals surface area contributed by atoms with Gasteiger partial charge in [-0.2, -0.15) is 0 Å². The molecular weight excluding hydrogens is 384 g/mol. The number of hydrogen-bond acceptors (Lipinski definition) is 3. The zero-order valence-electron chi connectivity index (χ0n) is 17.6. The van der Waals surface area contributed by atoms with Crippen molar-refractivity contribution < 1.29 is 9.90 Å². The lowest BCUT2D eigenvalue weighted by atomic mass is 9.98. The van der Waals surface area contributed by atoms with E-state index in [1.54, 1.807) is 6.07 Å². The van der Waals surface area contributed by atoms with Crippen molar-refractivity contribution in [2.45, 2.75) is 25.9 Å². The molecule has 4 nitrogen and oxygen atoms in total. The van der Waals surface area contributed by atoms with Gasteiger partial charge in [0.1, 0.15) is 5.75 Å². The second-order valence-electron chi connectivity index (χ2n) is 7.93. The van der Waals surface area contributed by atoms with Crippen molar-refractivity contribution in [2.24, 2.45) is 0 Å². The molecule has 0 bridgehead atoms. The van der Waals surface area contributed by atoms with Crippen LogP contribution in [0.5, 0.6) is 5.75 Å². The quantitative estimate of drug-likeness (QED) is 0.549. The first-order chi connectivity index (χ1) is 15.2. The first-order valence-electron chi connectivity index (χ1n) is 10.8. The van der Waals surface area contributed by atoms with E-state index in [1.165, 1.54) is 11.1 Å². The normalized spacial score (nSPS) is 13.8. The van der Waals surface area contributed by atoms with Crippen LogP contribution in [0.1, 0.15) is 39.0 Å². The number of phenols is 1. The fourth-order valence-corrected chi connectivity index (χ4v) is 4.00. The number of hydrogen-bond donors (Lipinski definition) is 2. The summed E-state index contributed by atoms with van der Waals surface area (Å²) in [7, 11) is 0. The molecule has 31 heavy (non-hydrogen) atoms. The van der Waals surface area contributed by atoms with Crippen LogP contribution in [0.2, 0.25) is 0 Å². The van der Waals surface area contributed by atoms with E-state index in [0.29, 0.717) is 12.3 Å². The zero-order chi connectivity index (χ0) is 21.5. The number of carbonyl (C=O) groups is 1. The van der Waals surface area contributed by atoms with Crippen molar-refractivity contribution in [2.75, 3.05) is 13.1 Å². The molecule has 0 aromatic heterocycles. The van der Waals surface area contributed by atoms with Gasteiger partial charge in [-0.1, -0.05) is 66.7 Å². The number of aromatic hydroxyl groups is 1. The molecule has 4 heteroatoms. The standard InChI is InChI=1S/C27H28N2O2/c30-25-14-13-23-19-29(17-15-22(23)18-25)20-24-11-4-5-12-26(24)27(31)28-16-7-6-10-21-8-2-1-3-9-21/h1-6,8-14,18,30H,7,15-17,19-20H2,(H,28,31). The van der Waals surface area contributed by atoms with E-state index in [4.69, 9.17) is 0 Å². The van der Waals surface area contributed by atoms with E-state index in [-0.39, 0.29) is 5.91 Å². The van der Waals surface area contributed by atoms with E-state index >= 15 is 0 Å². The fourth-order valence-electron chi connectivity index (χ4n) is 4.00. The fraction of sp³-hybridized carbons (Fsp3) is 0.222. The van der Waals surface area contributed by atoms with Crippen LogP contribution in [-0.4, -0.2) is 29.0 Å². The smallest absolute Gasteiger partial charge is 0.251 e. The number of carbonyl (C=O) groups excluding carboxylic acids is 1. The van der Waals surface area contributed by atoms with Crippen molar-refractivity contribution in [1.82, 2.24) is 10.2 Å². The topological polar surface area (TPSA) is 52.6 Å². The predicted molar refractivity (Wildman–Crippen MR) is 125 cm³/mol. The Balaban J connectivity index is 1.33. The lowest BCUT2D eigenvalue weighted by Gasteiger charge is -2.29. The van der Waals surface area contributed by atoms with Crippen LogP contribution in [0.25, 0.3) is 6.08 Å². The molecule has 4 rings (SSSR count). The van der Waals surface area contributed by atoms with Crippen molar-refractivity contribution in [3.8, 4) is 5.75 Å². The van der Waals surface area contributed by atoms with E-state index < -0.39 is 0 Å². The summed E-state index contributed by atoms with van der Waals surface area (Å²) in [5, 5.41) is 12.7. The summed E-state index contributed by atoms with van der Waals surface area (Å²) in [6, 6.07) is 23.6. The highest BCUT2D eigenvalue weighted by molar-refractivity contribution is 5.95. The van der Waals surface area contributed by atoms with Gasteiger partial charge < -0.3 is 10.4 Å². The van der Waals surface area contributed by atoms with Crippen LogP contribution >= 0.6 is 0 Å². The molecule has 0 atom stereocenters. The predicted octanol–water partition coefficient (Wildman–Crippen LogP) is 4.78. The molecule has 0 fully saturated rings. The third-order valence-corrected chi connectivity index (χ3v) is 5.64. The summed E-state index contributed by atoms with van der Waals surface area (Å²) in [6.07, 6.45) is 5.86. The lowest BCUT2D eigenvalue weighted by molar-refractivity contribution is 0.0952. The Morgan fingerprint density at radius 3 is 2.68 bits per heavy atom. The Morgan fingerprint density at radius 2 is 1.81 bits per heavy atom. The van der Waals surface area contributed by atoms with Crippen LogP contribution in [-0.2, 0) is 19.5 Å². The van der Waals surface area contributed by atoms with Crippen LogP contribution in [0.15, 0.2) is 78.9 Å². The molecule has 0 spiro atoms. The van der Waals surface area contributed by atoms with Gasteiger partial charge in [-0.3, -0.25) is 9.69 Å². The first-order valence-corrected chi connectivity index (χ1v) is 10.8. The van der Waals surface area contributed by atoms with E-state index in [1.807, 2.05) is 54.6 Å². The summed E-state index contributed by atoms with van der Waals surface area (Å²) in [5.41, 5.74) is 5.41. The summed E-state index contributed by atoms with van der Waals surface area (Å²) < 4.78 is 0. The van der Waals surface area contributed by atoms with Gasteiger partial charge in [0.25, 0.3) is 5.91 Å². The molecule has 3 aromatic rings. The molecule has 0 saturated carbocycles. The third-order valence-electron chi connectivity index (χ3n) is 5.64. The molecule has 1 aliphatic rings. The number of phenolic OH excluding ortho intramolecular Hbond substituents is 1. The van der Waals surface area contributed by atoms with Gasteiger partial charge in [0, 0.05) is 31.7 Å². The van der Waals surface area contributed by atoms with E-state index in [2.05, 4.69) is 34.5 Å². The molecule has 0 unspecified atom stereocenters. The van der Waals surface area contributed by atoms with Gasteiger partial charge in [-0.05, 0) is 53.3 Å². The average molecular weight is 413 g/mol. The average Bonchev–Trinajstić information content (AvgIpc) is 2.80. The number of rotatable bonds is 7. The Labute approximate surface area is 183 Å². The highest BCUT2D eigenvalue weighted by atomic mass is 16.3. The molecule has 158 valence electrons. The number of amides is 1. The maximum Gasteiger partial charge on any atom is 0.251 e. The van der Waals surface area contributed by atoms with Crippen LogP contribution in [0.3, 0.4) is 0 Å². The molecule has 1 heterocycles. The molecule has 0 saturated heterocycles. The minimum atomic E-state index is -0.0222. The van der Waals surface area contributed by atoms with Gasteiger partial charge in [-0.25, -0.2) is 0 Å². The molecular formula is C27H28N2O2. The van der Waals surface area contributed by atoms with Gasteiger partial charge >= 0.3 is 0 Å². The van der Waals surface area contributed by atoms with Crippen LogP contribution in [0, 0.1) is 0 Å². The van der Waals surface area contributed by atoms with Crippen molar-refractivity contribution in [1.29, 1.82) is 0 Å². The highest BCUT2D eigenvalue weighted by Gasteiger charge is 2.19. The Hall–Kier alpha value is -3.37. The summed E-state index contributed by atoms with van der Waals surface area (Å²) in [4.78, 5) is 15.1. The zero-order valence-corrected chi connectivity index (χ0v) is 17.6. The third kappa shape index (κ3) is 5.62. The van der Waals surface area contributed by atoms with Gasteiger partial charge in [0.2, 0.25) is 0 Å². The van der Waals surface area contributed by atoms with Gasteiger partial charge in [0.15, 0.2) is 0 Å².